The second-order valence-corrected chi connectivity index (χ2v) is 6.23. The van der Waals surface area contributed by atoms with Crippen molar-refractivity contribution in [1.82, 2.24) is 24.9 Å². The van der Waals surface area contributed by atoms with Crippen LogP contribution in [0.5, 0.6) is 0 Å². The smallest absolute Gasteiger partial charge is 0.271 e. The van der Waals surface area contributed by atoms with Crippen LogP contribution in [0.25, 0.3) is 5.65 Å². The number of fused-ring (bicyclic) bond motifs is 2. The van der Waals surface area contributed by atoms with Gasteiger partial charge < -0.3 is 19.9 Å². The van der Waals surface area contributed by atoms with Crippen molar-refractivity contribution >= 4 is 23.4 Å². The molecule has 24 heavy (non-hydrogen) atoms. The Morgan fingerprint density at radius 2 is 2.25 bits per heavy atom. The summed E-state index contributed by atoms with van der Waals surface area (Å²) in [5.74, 6) is -0.565. The van der Waals surface area contributed by atoms with Crippen LogP contribution >= 0.6 is 0 Å². The molecule has 3 amide bonds. The number of nitrogens with zero attached hydrogens (tertiary/aromatic N) is 3. The van der Waals surface area contributed by atoms with Gasteiger partial charge in [0.25, 0.3) is 5.91 Å². The molecule has 0 bridgehead atoms. The maximum atomic E-state index is 12.5. The lowest BCUT2D eigenvalue weighted by molar-refractivity contribution is -0.143. The van der Waals surface area contributed by atoms with Gasteiger partial charge in [0, 0.05) is 25.0 Å². The molecule has 2 N–H and O–H groups in total. The van der Waals surface area contributed by atoms with Gasteiger partial charge in [0.15, 0.2) is 0 Å². The Balaban J connectivity index is 1.51. The van der Waals surface area contributed by atoms with Crippen molar-refractivity contribution in [2.75, 3.05) is 13.1 Å². The summed E-state index contributed by atoms with van der Waals surface area (Å²) in [6.07, 6.45) is 3.94. The van der Waals surface area contributed by atoms with Gasteiger partial charge >= 0.3 is 0 Å². The van der Waals surface area contributed by atoms with Crippen molar-refractivity contribution in [3.05, 3.63) is 35.8 Å². The molecule has 0 saturated carbocycles. The molecule has 2 aliphatic heterocycles. The Labute approximate surface area is 137 Å². The van der Waals surface area contributed by atoms with Crippen LogP contribution in [0.4, 0.5) is 0 Å². The number of hydrogen-bond acceptors (Lipinski definition) is 4. The Hall–Kier alpha value is -2.90. The lowest BCUT2D eigenvalue weighted by atomic mass is 10.1. The molecule has 2 atom stereocenters. The molecule has 2 saturated heterocycles. The largest absolute Gasteiger partial charge is 0.346 e. The zero-order chi connectivity index (χ0) is 16.8. The second-order valence-electron chi connectivity index (χ2n) is 6.23. The average molecular weight is 327 g/mol. The van der Waals surface area contributed by atoms with Gasteiger partial charge in [0.05, 0.1) is 6.54 Å². The molecule has 2 aromatic rings. The maximum Gasteiger partial charge on any atom is 0.271 e. The fraction of sp³-hybridized carbons (Fsp3) is 0.375. The minimum Gasteiger partial charge on any atom is -0.346 e. The van der Waals surface area contributed by atoms with E-state index in [2.05, 4.69) is 15.6 Å². The summed E-state index contributed by atoms with van der Waals surface area (Å²) in [6, 6.07) is 3.09. The first-order chi connectivity index (χ1) is 11.5. The highest BCUT2D eigenvalue weighted by atomic mass is 16.2. The molecule has 4 rings (SSSR count). The van der Waals surface area contributed by atoms with Crippen molar-refractivity contribution in [1.29, 1.82) is 0 Å². The van der Waals surface area contributed by atoms with Gasteiger partial charge in [-0.15, -0.1) is 0 Å². The average Bonchev–Trinajstić information content (AvgIpc) is 3.16. The molecule has 2 fully saturated rings. The van der Waals surface area contributed by atoms with Crippen LogP contribution in [-0.4, -0.2) is 57.2 Å². The summed E-state index contributed by atoms with van der Waals surface area (Å²) in [4.78, 5) is 42.1. The number of aryl methyl sites for hydroxylation is 1. The molecule has 8 heteroatoms. The SMILES string of the molecule is Cc1cccn2cc(C(=O)N[C@@H]3C[C@H]4C(=O)NCC(=O)N4C3)nc12. The first kappa shape index (κ1) is 14.7. The molecular weight excluding hydrogens is 310 g/mol. The van der Waals surface area contributed by atoms with Crippen molar-refractivity contribution in [3.63, 3.8) is 0 Å². The van der Waals surface area contributed by atoms with Crippen molar-refractivity contribution in [3.8, 4) is 0 Å². The molecule has 2 aliphatic rings. The molecule has 0 aromatic carbocycles. The number of rotatable bonds is 2. The van der Waals surface area contributed by atoms with Gasteiger partial charge in [0.1, 0.15) is 17.4 Å². The third-order valence-electron chi connectivity index (χ3n) is 4.58. The number of nitrogens with one attached hydrogen (secondary N) is 2. The lowest BCUT2D eigenvalue weighted by Crippen LogP contribution is -2.55. The molecular formula is C16H17N5O3. The van der Waals surface area contributed by atoms with Crippen LogP contribution in [0.2, 0.25) is 0 Å². The molecule has 8 nitrogen and oxygen atoms in total. The lowest BCUT2D eigenvalue weighted by Gasteiger charge is -2.28. The standard InChI is InChI=1S/C16H17N5O3/c1-9-3-2-4-20-8-11(19-14(9)20)15(23)18-10-5-12-16(24)17-6-13(22)21(12)7-10/h2-4,8,10,12H,5-7H2,1H3,(H,17,24)(H,18,23)/t10-,12+/m1/s1. The predicted molar refractivity (Wildman–Crippen MR) is 84.3 cm³/mol. The second kappa shape index (κ2) is 5.33. The fourth-order valence-corrected chi connectivity index (χ4v) is 3.37. The number of aromatic nitrogens is 2. The predicted octanol–water partition coefficient (Wildman–Crippen LogP) is -0.528. The molecule has 2 aromatic heterocycles. The van der Waals surface area contributed by atoms with Crippen molar-refractivity contribution in [2.24, 2.45) is 0 Å². The number of pyridine rings is 1. The number of amides is 3. The number of hydrogen-bond donors (Lipinski definition) is 2. The highest BCUT2D eigenvalue weighted by Crippen LogP contribution is 2.21. The van der Waals surface area contributed by atoms with Gasteiger partial charge in [0.2, 0.25) is 11.8 Å². The molecule has 4 heterocycles. The Morgan fingerprint density at radius 3 is 3.00 bits per heavy atom. The van der Waals surface area contributed by atoms with Crippen LogP contribution in [-0.2, 0) is 9.59 Å². The number of imidazole rings is 1. The zero-order valence-electron chi connectivity index (χ0n) is 13.2. The van der Waals surface area contributed by atoms with E-state index in [9.17, 15) is 14.4 Å². The Bertz CT molecular complexity index is 835. The topological polar surface area (TPSA) is 95.8 Å². The van der Waals surface area contributed by atoms with E-state index in [0.717, 1.165) is 11.2 Å². The normalized spacial score (nSPS) is 23.3. The van der Waals surface area contributed by atoms with Gasteiger partial charge in [-0.25, -0.2) is 4.98 Å². The summed E-state index contributed by atoms with van der Waals surface area (Å²) in [7, 11) is 0. The monoisotopic (exact) mass is 327 g/mol. The van der Waals surface area contributed by atoms with Crippen LogP contribution in [0.1, 0.15) is 22.5 Å². The fourth-order valence-electron chi connectivity index (χ4n) is 3.37. The molecule has 0 aliphatic carbocycles. The van der Waals surface area contributed by atoms with E-state index in [1.165, 1.54) is 4.90 Å². The Morgan fingerprint density at radius 1 is 1.42 bits per heavy atom. The first-order valence-electron chi connectivity index (χ1n) is 7.85. The summed E-state index contributed by atoms with van der Waals surface area (Å²) >= 11 is 0. The van der Waals surface area contributed by atoms with Crippen LogP contribution in [0, 0.1) is 6.92 Å². The van der Waals surface area contributed by atoms with Crippen LogP contribution in [0.3, 0.4) is 0 Å². The zero-order valence-corrected chi connectivity index (χ0v) is 13.2. The maximum absolute atomic E-state index is 12.5. The van der Waals surface area contributed by atoms with E-state index in [-0.39, 0.29) is 30.3 Å². The van der Waals surface area contributed by atoms with Crippen molar-refractivity contribution in [2.45, 2.75) is 25.4 Å². The Kier molecular flexibility index (Phi) is 3.26. The van der Waals surface area contributed by atoms with Gasteiger partial charge in [-0.2, -0.15) is 0 Å². The van der Waals surface area contributed by atoms with E-state index < -0.39 is 6.04 Å². The highest BCUT2D eigenvalue weighted by molar-refractivity contribution is 5.96. The molecule has 124 valence electrons. The molecule has 0 radical (unpaired) electrons. The van der Waals surface area contributed by atoms with Crippen molar-refractivity contribution < 1.29 is 14.4 Å². The number of carbonyl (C=O) groups excluding carboxylic acids is 3. The van der Waals surface area contributed by atoms with Gasteiger partial charge in [-0.05, 0) is 25.0 Å². The number of piperazine rings is 1. The van der Waals surface area contributed by atoms with Crippen LogP contribution in [0.15, 0.2) is 24.5 Å². The summed E-state index contributed by atoms with van der Waals surface area (Å²) in [6.45, 7) is 2.32. The van der Waals surface area contributed by atoms with E-state index in [1.54, 1.807) is 10.6 Å². The van der Waals surface area contributed by atoms with E-state index in [0.29, 0.717) is 18.7 Å². The summed E-state index contributed by atoms with van der Waals surface area (Å²) < 4.78 is 1.80. The van der Waals surface area contributed by atoms with E-state index in [4.69, 9.17) is 0 Å². The first-order valence-corrected chi connectivity index (χ1v) is 7.85. The summed E-state index contributed by atoms with van der Waals surface area (Å²) in [5.41, 5.74) is 2.04. The minimum atomic E-state index is -0.486. The van der Waals surface area contributed by atoms with Crippen LogP contribution < -0.4 is 10.6 Å². The third kappa shape index (κ3) is 2.31. The third-order valence-corrected chi connectivity index (χ3v) is 4.58. The molecule has 0 unspecified atom stereocenters. The van der Waals surface area contributed by atoms with E-state index in [1.807, 2.05) is 25.3 Å². The minimum absolute atomic E-state index is 0.0295. The number of carbonyl (C=O) groups is 3. The highest BCUT2D eigenvalue weighted by Gasteiger charge is 2.42. The summed E-state index contributed by atoms with van der Waals surface area (Å²) in [5, 5.41) is 5.46. The van der Waals surface area contributed by atoms with Gasteiger partial charge in [-0.1, -0.05) is 6.07 Å². The quantitative estimate of drug-likeness (QED) is 0.775. The van der Waals surface area contributed by atoms with Gasteiger partial charge in [-0.3, -0.25) is 14.4 Å². The molecule has 0 spiro atoms. The van der Waals surface area contributed by atoms with E-state index >= 15 is 0 Å².